The highest BCUT2D eigenvalue weighted by molar-refractivity contribution is 6.90. The minimum Gasteiger partial charge on any atom is -0.355 e. The van der Waals surface area contributed by atoms with E-state index in [0.29, 0.717) is 19.6 Å². The van der Waals surface area contributed by atoms with E-state index in [2.05, 4.69) is 19.8 Å². The Hall–Kier alpha value is -0.666. The number of nitrogens with zero attached hydrogens (tertiary/aromatic N) is 3. The molecule has 0 aromatic heterocycles. The third-order valence-corrected chi connectivity index (χ3v) is 4.10. The van der Waals surface area contributed by atoms with Gasteiger partial charge >= 0.3 is 0 Å². The molecule has 17 heavy (non-hydrogen) atoms. The number of amides is 1. The van der Waals surface area contributed by atoms with Crippen molar-refractivity contribution in [2.75, 3.05) is 13.2 Å². The van der Waals surface area contributed by atoms with Gasteiger partial charge in [0.15, 0.2) is 0 Å². The SMILES string of the molecule is CCOC(CC(C)C(=O)N=[N+]=[N-])(OCC)[Si][Si]. The average Bonchev–Trinajstić information content (AvgIpc) is 2.29. The van der Waals surface area contributed by atoms with Gasteiger partial charge in [-0.3, -0.25) is 4.79 Å². The smallest absolute Gasteiger partial charge is 0.221 e. The van der Waals surface area contributed by atoms with Gasteiger partial charge in [-0.05, 0) is 24.5 Å². The van der Waals surface area contributed by atoms with E-state index >= 15 is 0 Å². The summed E-state index contributed by atoms with van der Waals surface area (Å²) in [5.41, 5.74) is 7.40. The molecule has 0 aromatic rings. The van der Waals surface area contributed by atoms with Gasteiger partial charge in [0, 0.05) is 40.2 Å². The van der Waals surface area contributed by atoms with E-state index in [1.807, 2.05) is 13.8 Å². The lowest BCUT2D eigenvalue weighted by molar-refractivity contribution is -0.184. The van der Waals surface area contributed by atoms with Crippen molar-refractivity contribution in [3.63, 3.8) is 0 Å². The highest BCUT2D eigenvalue weighted by Crippen LogP contribution is 2.22. The molecule has 8 heteroatoms. The molecule has 0 saturated heterocycles. The molecule has 0 fully saturated rings. The van der Waals surface area contributed by atoms with E-state index in [0.717, 1.165) is 0 Å². The van der Waals surface area contributed by atoms with Crippen LogP contribution in [0.2, 0.25) is 0 Å². The standard InChI is InChI=1S/C9H16N3O3Si2/c1-4-14-9(17-16,15-5-2)6-7(3)8(13)11-12-10/h7H,4-6H2,1-3H3. The Morgan fingerprint density at radius 3 is 2.41 bits per heavy atom. The molecular formula is C9H16N3O3Si2. The summed E-state index contributed by atoms with van der Waals surface area (Å²) in [6.07, 6.45) is 0.356. The fraction of sp³-hybridized carbons (Fsp3) is 0.889. The molecule has 0 aliphatic carbocycles. The predicted octanol–water partition coefficient (Wildman–Crippen LogP) is 1.36. The second kappa shape index (κ2) is 8.43. The van der Waals surface area contributed by atoms with E-state index in [9.17, 15) is 4.79 Å². The van der Waals surface area contributed by atoms with Gasteiger partial charge in [-0.15, -0.1) is 0 Å². The van der Waals surface area contributed by atoms with Crippen LogP contribution in [0.3, 0.4) is 0 Å². The Kier molecular flexibility index (Phi) is 8.10. The van der Waals surface area contributed by atoms with Crippen LogP contribution < -0.4 is 0 Å². The molecule has 0 rings (SSSR count). The number of rotatable bonds is 8. The summed E-state index contributed by atoms with van der Waals surface area (Å²) in [7, 11) is 3.60. The number of azide groups is 1. The van der Waals surface area contributed by atoms with Crippen LogP contribution in [0.25, 0.3) is 10.4 Å². The van der Waals surface area contributed by atoms with Gasteiger partial charge in [0.05, 0.1) is 0 Å². The van der Waals surface area contributed by atoms with E-state index in [-0.39, 0.29) is 9.04 Å². The molecule has 1 unspecified atom stereocenters. The number of carbonyl (C=O) groups is 1. The lowest BCUT2D eigenvalue weighted by atomic mass is 10.1. The Labute approximate surface area is 107 Å². The average molecular weight is 270 g/mol. The second-order valence-corrected chi connectivity index (χ2v) is 5.14. The quantitative estimate of drug-likeness (QED) is 0.219. The third kappa shape index (κ3) is 5.47. The zero-order valence-corrected chi connectivity index (χ0v) is 12.3. The first kappa shape index (κ1) is 16.3. The van der Waals surface area contributed by atoms with Gasteiger partial charge in [0.2, 0.25) is 5.91 Å². The molecule has 0 aromatic carbocycles. The molecule has 1 atom stereocenters. The van der Waals surface area contributed by atoms with Crippen LogP contribution in [-0.4, -0.2) is 43.3 Å². The molecule has 0 bridgehead atoms. The van der Waals surface area contributed by atoms with Crippen molar-refractivity contribution in [1.29, 1.82) is 0 Å². The first-order valence-electron chi connectivity index (χ1n) is 5.36. The highest BCUT2D eigenvalue weighted by atomic mass is 29.1. The summed E-state index contributed by atoms with van der Waals surface area (Å²) >= 11 is 0. The lowest BCUT2D eigenvalue weighted by Crippen LogP contribution is -2.45. The molecule has 1 amide bonds. The molecule has 0 heterocycles. The van der Waals surface area contributed by atoms with Crippen molar-refractivity contribution in [3.05, 3.63) is 10.4 Å². The summed E-state index contributed by atoms with van der Waals surface area (Å²) in [6, 6.07) is 0. The highest BCUT2D eigenvalue weighted by Gasteiger charge is 2.33. The van der Waals surface area contributed by atoms with Crippen molar-refractivity contribution >= 4 is 24.7 Å². The minimum absolute atomic E-state index is 0.195. The maximum absolute atomic E-state index is 11.4. The largest absolute Gasteiger partial charge is 0.355 e. The molecule has 5 radical (unpaired) electrons. The summed E-state index contributed by atoms with van der Waals surface area (Å²) in [5, 5.41) is 3.08. The van der Waals surface area contributed by atoms with Crippen LogP contribution in [0.5, 0.6) is 0 Å². The van der Waals surface area contributed by atoms with Crippen LogP contribution in [0.15, 0.2) is 5.11 Å². The van der Waals surface area contributed by atoms with Gasteiger partial charge in [0.1, 0.15) is 14.4 Å². The van der Waals surface area contributed by atoms with E-state index < -0.39 is 17.2 Å². The van der Waals surface area contributed by atoms with Crippen molar-refractivity contribution in [2.45, 2.75) is 32.6 Å². The second-order valence-electron chi connectivity index (χ2n) is 3.38. The first-order valence-corrected chi connectivity index (χ1v) is 7.86. The Morgan fingerprint density at radius 2 is 2.06 bits per heavy atom. The summed E-state index contributed by atoms with van der Waals surface area (Å²) in [5.74, 6) is -0.936. The van der Waals surface area contributed by atoms with Gasteiger partial charge in [0.25, 0.3) is 0 Å². The van der Waals surface area contributed by atoms with Gasteiger partial charge in [-0.25, -0.2) is 0 Å². The van der Waals surface area contributed by atoms with Gasteiger partial charge in [-0.2, -0.15) is 0 Å². The molecule has 0 N–H and O–H groups in total. The molecule has 0 aliphatic rings. The summed E-state index contributed by atoms with van der Waals surface area (Å²) in [6.45, 7) is 6.39. The Bertz CT molecular complexity index is 289. The third-order valence-electron chi connectivity index (χ3n) is 2.09. The monoisotopic (exact) mass is 270 g/mol. The topological polar surface area (TPSA) is 84.3 Å². The maximum Gasteiger partial charge on any atom is 0.221 e. The van der Waals surface area contributed by atoms with Crippen molar-refractivity contribution in [1.82, 2.24) is 0 Å². The fourth-order valence-corrected chi connectivity index (χ4v) is 2.96. The van der Waals surface area contributed by atoms with E-state index in [4.69, 9.17) is 15.0 Å². The molecule has 0 spiro atoms. The normalized spacial score (nSPS) is 12.9. The van der Waals surface area contributed by atoms with Crippen molar-refractivity contribution in [2.24, 2.45) is 11.0 Å². The zero-order valence-electron chi connectivity index (χ0n) is 10.3. The fourth-order valence-electron chi connectivity index (χ4n) is 1.38. The molecule has 0 aliphatic heterocycles. The zero-order chi connectivity index (χ0) is 13.3. The number of carbonyl (C=O) groups excluding carboxylic acids is 1. The number of ether oxygens (including phenoxy) is 2. The van der Waals surface area contributed by atoms with Crippen LogP contribution >= 0.6 is 0 Å². The van der Waals surface area contributed by atoms with Crippen LogP contribution in [0, 0.1) is 5.92 Å². The van der Waals surface area contributed by atoms with Crippen LogP contribution in [0.1, 0.15) is 27.2 Å². The summed E-state index contributed by atoms with van der Waals surface area (Å²) in [4.78, 5) is 13.9. The Morgan fingerprint density at radius 1 is 1.53 bits per heavy atom. The Balaban J connectivity index is 4.71. The minimum atomic E-state index is -0.819. The lowest BCUT2D eigenvalue weighted by Gasteiger charge is -2.33. The number of hydrogen-bond donors (Lipinski definition) is 0. The van der Waals surface area contributed by atoms with Crippen molar-refractivity contribution < 1.29 is 14.3 Å². The van der Waals surface area contributed by atoms with Gasteiger partial charge in [-0.1, -0.05) is 6.92 Å². The maximum atomic E-state index is 11.4. The van der Waals surface area contributed by atoms with E-state index in [1.54, 1.807) is 6.92 Å². The van der Waals surface area contributed by atoms with Gasteiger partial charge < -0.3 is 9.47 Å². The predicted molar refractivity (Wildman–Crippen MR) is 65.4 cm³/mol. The number of hydrogen-bond acceptors (Lipinski definition) is 3. The molecule has 6 nitrogen and oxygen atoms in total. The first-order chi connectivity index (χ1) is 8.05. The van der Waals surface area contributed by atoms with E-state index in [1.165, 1.54) is 0 Å². The summed E-state index contributed by atoms with van der Waals surface area (Å²) < 4.78 is 11.1. The molecule has 93 valence electrons. The molecular weight excluding hydrogens is 254 g/mol. The van der Waals surface area contributed by atoms with Crippen molar-refractivity contribution in [3.8, 4) is 0 Å². The van der Waals surface area contributed by atoms with Crippen LogP contribution in [0.4, 0.5) is 0 Å². The van der Waals surface area contributed by atoms with Crippen LogP contribution in [-0.2, 0) is 14.3 Å². The molecule has 0 saturated carbocycles.